The van der Waals surface area contributed by atoms with Gasteiger partial charge in [0.1, 0.15) is 17.0 Å². The highest BCUT2D eigenvalue weighted by Crippen LogP contribution is 2.43. The van der Waals surface area contributed by atoms with E-state index in [1.807, 2.05) is 6.20 Å². The van der Waals surface area contributed by atoms with Crippen LogP contribution in [0, 0.1) is 5.41 Å². The van der Waals surface area contributed by atoms with Crippen molar-refractivity contribution in [2.24, 2.45) is 5.41 Å². The molecule has 5 nitrogen and oxygen atoms in total. The van der Waals surface area contributed by atoms with E-state index >= 15 is 0 Å². The number of aromatic amines is 1. The number of H-pyrrole nitrogens is 1. The number of benzene rings is 1. The number of alkyl halides is 3. The summed E-state index contributed by atoms with van der Waals surface area (Å²) in [6.45, 7) is 4.78. The Balaban J connectivity index is 1.17. The number of rotatable bonds is 4. The van der Waals surface area contributed by atoms with Crippen molar-refractivity contribution in [3.05, 3.63) is 53.3 Å². The summed E-state index contributed by atoms with van der Waals surface area (Å²) in [7, 11) is 0. The Morgan fingerprint density at radius 1 is 1.06 bits per heavy atom. The second-order valence-electron chi connectivity index (χ2n) is 9.45. The van der Waals surface area contributed by atoms with Crippen LogP contribution in [0.3, 0.4) is 0 Å². The second kappa shape index (κ2) is 7.70. The van der Waals surface area contributed by atoms with Crippen molar-refractivity contribution in [2.45, 2.75) is 32.0 Å². The molecule has 2 saturated heterocycles. The van der Waals surface area contributed by atoms with Gasteiger partial charge in [0.2, 0.25) is 0 Å². The van der Waals surface area contributed by atoms with Crippen LogP contribution in [0.15, 0.2) is 42.9 Å². The molecule has 0 bridgehead atoms. The van der Waals surface area contributed by atoms with Crippen LogP contribution in [0.1, 0.15) is 23.3 Å². The molecule has 172 valence electrons. The number of halogens is 3. The summed E-state index contributed by atoms with van der Waals surface area (Å²) in [5.41, 5.74) is 2.69. The summed E-state index contributed by atoms with van der Waals surface area (Å²) in [5.74, 6) is 0.775. The molecule has 0 aliphatic carbocycles. The lowest BCUT2D eigenvalue weighted by Gasteiger charge is -2.25. The summed E-state index contributed by atoms with van der Waals surface area (Å²) in [4.78, 5) is 17.7. The number of aromatic nitrogens is 3. The molecule has 2 fully saturated rings. The Bertz CT molecular complexity index is 1310. The van der Waals surface area contributed by atoms with E-state index in [2.05, 4.69) is 49.0 Å². The van der Waals surface area contributed by atoms with Crippen molar-refractivity contribution in [1.82, 2.24) is 19.9 Å². The minimum absolute atomic E-state index is 0.207. The molecule has 9 heteroatoms. The molecule has 6 rings (SSSR count). The van der Waals surface area contributed by atoms with Crippen molar-refractivity contribution >= 4 is 38.3 Å². The lowest BCUT2D eigenvalue weighted by Crippen LogP contribution is -2.31. The number of hydrogen-bond donors (Lipinski definition) is 1. The molecule has 0 saturated carbocycles. The van der Waals surface area contributed by atoms with Crippen LogP contribution in [0.5, 0.6) is 0 Å². The average molecular weight is 472 g/mol. The zero-order valence-electron chi connectivity index (χ0n) is 18.0. The van der Waals surface area contributed by atoms with Crippen LogP contribution in [0.2, 0.25) is 0 Å². The number of hydrogen-bond acceptors (Lipinski definition) is 5. The molecule has 3 aromatic heterocycles. The largest absolute Gasteiger partial charge is 0.393 e. The van der Waals surface area contributed by atoms with Crippen molar-refractivity contribution in [3.8, 4) is 0 Å². The fraction of sp³-hybridized carbons (Fsp3) is 0.417. The van der Waals surface area contributed by atoms with Gasteiger partial charge in [-0.25, -0.2) is 9.97 Å². The predicted molar refractivity (Wildman–Crippen MR) is 125 cm³/mol. The van der Waals surface area contributed by atoms with Gasteiger partial charge < -0.3 is 9.88 Å². The molecule has 0 radical (unpaired) electrons. The normalized spacial score (nSPS) is 21.8. The summed E-state index contributed by atoms with van der Waals surface area (Å²) >= 11 is 1.12. The van der Waals surface area contributed by atoms with Gasteiger partial charge in [-0.3, -0.25) is 4.90 Å². The van der Waals surface area contributed by atoms with E-state index in [0.29, 0.717) is 9.71 Å². The van der Waals surface area contributed by atoms with Gasteiger partial charge in [0.25, 0.3) is 0 Å². The van der Waals surface area contributed by atoms with Crippen molar-refractivity contribution in [2.75, 3.05) is 31.1 Å². The lowest BCUT2D eigenvalue weighted by molar-refractivity contribution is -0.126. The van der Waals surface area contributed by atoms with E-state index in [-0.39, 0.29) is 5.41 Å². The van der Waals surface area contributed by atoms with Gasteiger partial charge in [-0.05, 0) is 48.5 Å². The highest BCUT2D eigenvalue weighted by atomic mass is 32.1. The van der Waals surface area contributed by atoms with E-state index in [1.54, 1.807) is 6.07 Å². The van der Waals surface area contributed by atoms with E-state index in [4.69, 9.17) is 0 Å². The molecular weight excluding hydrogens is 447 g/mol. The maximum Gasteiger partial charge on any atom is 0.393 e. The third-order valence-corrected chi connectivity index (χ3v) is 8.06. The standard InChI is InChI=1S/C24H24F3N5S/c25-24(26,27)11-18-10-19-21(29-15-30-22(19)33-18)32-8-5-23(14-32)4-7-31(13-23)12-16-1-2-17-3-6-28-20(17)9-16/h1-3,6,9-10,15,28H,4-5,7-8,11-14H2. The molecule has 1 atom stereocenters. The third-order valence-electron chi connectivity index (χ3n) is 7.01. The molecule has 33 heavy (non-hydrogen) atoms. The van der Waals surface area contributed by atoms with Gasteiger partial charge in [-0.2, -0.15) is 13.2 Å². The van der Waals surface area contributed by atoms with Crippen molar-refractivity contribution < 1.29 is 13.2 Å². The van der Waals surface area contributed by atoms with E-state index in [9.17, 15) is 13.2 Å². The number of likely N-dealkylation sites (tertiary alicyclic amines) is 1. The van der Waals surface area contributed by atoms with Gasteiger partial charge in [-0.1, -0.05) is 12.1 Å². The van der Waals surface area contributed by atoms with Gasteiger partial charge in [0, 0.05) is 48.2 Å². The number of thiophene rings is 1. The maximum atomic E-state index is 12.9. The Labute approximate surface area is 193 Å². The van der Waals surface area contributed by atoms with Crippen LogP contribution in [0.25, 0.3) is 21.1 Å². The minimum Gasteiger partial charge on any atom is -0.361 e. The maximum absolute atomic E-state index is 12.9. The van der Waals surface area contributed by atoms with E-state index in [0.717, 1.165) is 68.1 Å². The number of fused-ring (bicyclic) bond motifs is 2. The average Bonchev–Trinajstić information content (AvgIpc) is 3.53. The number of anilines is 1. The summed E-state index contributed by atoms with van der Waals surface area (Å²) in [5, 5.41) is 1.97. The fourth-order valence-electron chi connectivity index (χ4n) is 5.49. The fourth-order valence-corrected chi connectivity index (χ4v) is 6.51. The van der Waals surface area contributed by atoms with Crippen molar-refractivity contribution in [1.29, 1.82) is 0 Å². The van der Waals surface area contributed by atoms with Gasteiger partial charge in [0.15, 0.2) is 0 Å². The zero-order chi connectivity index (χ0) is 22.6. The molecule has 1 unspecified atom stereocenters. The van der Waals surface area contributed by atoms with Crippen LogP contribution in [0.4, 0.5) is 19.0 Å². The van der Waals surface area contributed by atoms with Gasteiger partial charge in [0.05, 0.1) is 11.8 Å². The summed E-state index contributed by atoms with van der Waals surface area (Å²) in [6.07, 6.45) is 0.519. The third kappa shape index (κ3) is 4.08. The lowest BCUT2D eigenvalue weighted by atomic mass is 9.86. The van der Waals surface area contributed by atoms with Crippen LogP contribution in [-0.2, 0) is 13.0 Å². The first kappa shape index (κ1) is 20.9. The molecule has 1 spiro atoms. The molecule has 5 heterocycles. The molecule has 1 N–H and O–H groups in total. The molecular formula is C24H24F3N5S. The minimum atomic E-state index is -4.22. The first-order valence-electron chi connectivity index (χ1n) is 11.2. The van der Waals surface area contributed by atoms with E-state index in [1.165, 1.54) is 22.8 Å². The zero-order valence-corrected chi connectivity index (χ0v) is 18.8. The molecule has 2 aliphatic heterocycles. The quantitative estimate of drug-likeness (QED) is 0.434. The predicted octanol–water partition coefficient (Wildman–Crippen LogP) is 5.38. The Kier molecular flexibility index (Phi) is 4.88. The highest BCUT2D eigenvalue weighted by Gasteiger charge is 2.44. The smallest absolute Gasteiger partial charge is 0.361 e. The molecule has 4 aromatic rings. The number of nitrogens with zero attached hydrogens (tertiary/aromatic N) is 4. The Hall–Kier alpha value is -2.65. The molecule has 1 aromatic carbocycles. The Morgan fingerprint density at radius 3 is 2.82 bits per heavy atom. The van der Waals surface area contributed by atoms with E-state index < -0.39 is 12.6 Å². The van der Waals surface area contributed by atoms with Crippen LogP contribution >= 0.6 is 11.3 Å². The first-order valence-corrected chi connectivity index (χ1v) is 12.0. The van der Waals surface area contributed by atoms with Gasteiger partial charge in [-0.15, -0.1) is 11.3 Å². The van der Waals surface area contributed by atoms with Gasteiger partial charge >= 0.3 is 6.18 Å². The van der Waals surface area contributed by atoms with Crippen LogP contribution < -0.4 is 4.90 Å². The monoisotopic (exact) mass is 471 g/mol. The van der Waals surface area contributed by atoms with Crippen LogP contribution in [-0.4, -0.2) is 52.2 Å². The molecule has 0 amide bonds. The highest BCUT2D eigenvalue weighted by molar-refractivity contribution is 7.18. The SMILES string of the molecule is FC(F)(F)Cc1cc2c(N3CCC4(CCN(Cc5ccc6cc[nH]c6c5)C4)C3)ncnc2s1. The molecule has 2 aliphatic rings. The number of nitrogens with one attached hydrogen (secondary N) is 1. The summed E-state index contributed by atoms with van der Waals surface area (Å²) in [6, 6.07) is 10.3. The Morgan fingerprint density at radius 2 is 1.94 bits per heavy atom. The van der Waals surface area contributed by atoms with Crippen molar-refractivity contribution in [3.63, 3.8) is 0 Å². The first-order chi connectivity index (χ1) is 15.9. The second-order valence-corrected chi connectivity index (χ2v) is 10.6. The summed E-state index contributed by atoms with van der Waals surface area (Å²) < 4.78 is 38.6. The topological polar surface area (TPSA) is 48.0 Å².